The van der Waals surface area contributed by atoms with Crippen LogP contribution in [0.4, 0.5) is 0 Å². The van der Waals surface area contributed by atoms with E-state index in [0.29, 0.717) is 24.9 Å². The molecule has 5 nitrogen and oxygen atoms in total. The third kappa shape index (κ3) is 3.02. The fourth-order valence-electron chi connectivity index (χ4n) is 1.81. The molecule has 0 bridgehead atoms. The molecule has 3 rings (SSSR count). The Morgan fingerprint density at radius 3 is 2.60 bits per heavy atom. The summed E-state index contributed by atoms with van der Waals surface area (Å²) < 4.78 is 11.3. The standard InChI is InChI=1S/C14H15N3O2S/c15-7-10-8-16-14(17-9-10)20-11-2-3-12-13(6-11)19-5-1-4-18-12/h2-3,6,8-9H,1,4-5,7,15H2. The lowest BCUT2D eigenvalue weighted by molar-refractivity contribution is 0.297. The van der Waals surface area contributed by atoms with Crippen LogP contribution in [0, 0.1) is 0 Å². The third-order valence-corrected chi connectivity index (χ3v) is 3.73. The van der Waals surface area contributed by atoms with Gasteiger partial charge in [0.2, 0.25) is 0 Å². The molecule has 20 heavy (non-hydrogen) atoms. The van der Waals surface area contributed by atoms with Crippen LogP contribution in [0.2, 0.25) is 0 Å². The number of rotatable bonds is 3. The van der Waals surface area contributed by atoms with Gasteiger partial charge in [-0.1, -0.05) is 0 Å². The Labute approximate surface area is 121 Å². The van der Waals surface area contributed by atoms with Crippen LogP contribution in [0.5, 0.6) is 11.5 Å². The summed E-state index contributed by atoms with van der Waals surface area (Å²) >= 11 is 1.49. The van der Waals surface area contributed by atoms with Gasteiger partial charge in [-0.3, -0.25) is 0 Å². The van der Waals surface area contributed by atoms with E-state index in [2.05, 4.69) is 9.97 Å². The minimum absolute atomic E-state index is 0.453. The summed E-state index contributed by atoms with van der Waals surface area (Å²) in [7, 11) is 0. The monoisotopic (exact) mass is 289 g/mol. The van der Waals surface area contributed by atoms with E-state index in [1.807, 2.05) is 18.2 Å². The van der Waals surface area contributed by atoms with Crippen molar-refractivity contribution in [3.05, 3.63) is 36.2 Å². The number of nitrogens with two attached hydrogens (primary N) is 1. The average molecular weight is 289 g/mol. The Balaban J connectivity index is 1.78. The van der Waals surface area contributed by atoms with Gasteiger partial charge >= 0.3 is 0 Å². The maximum Gasteiger partial charge on any atom is 0.192 e. The number of aromatic nitrogens is 2. The fourth-order valence-corrected chi connectivity index (χ4v) is 2.54. The van der Waals surface area contributed by atoms with Crippen molar-refractivity contribution in [1.29, 1.82) is 0 Å². The van der Waals surface area contributed by atoms with Crippen LogP contribution in [-0.4, -0.2) is 23.2 Å². The molecule has 0 saturated heterocycles. The summed E-state index contributed by atoms with van der Waals surface area (Å²) in [5, 5.41) is 0.691. The van der Waals surface area contributed by atoms with E-state index in [1.165, 1.54) is 11.8 Å². The summed E-state index contributed by atoms with van der Waals surface area (Å²) in [5.41, 5.74) is 6.45. The van der Waals surface area contributed by atoms with Crippen LogP contribution in [-0.2, 0) is 6.54 Å². The highest BCUT2D eigenvalue weighted by Crippen LogP contribution is 2.35. The minimum atomic E-state index is 0.453. The Bertz CT molecular complexity index is 589. The van der Waals surface area contributed by atoms with Crippen molar-refractivity contribution in [2.45, 2.75) is 23.0 Å². The molecule has 2 aromatic rings. The Morgan fingerprint density at radius 1 is 1.10 bits per heavy atom. The van der Waals surface area contributed by atoms with E-state index < -0.39 is 0 Å². The zero-order chi connectivity index (χ0) is 13.8. The predicted octanol–water partition coefficient (Wildman–Crippen LogP) is 2.25. The van der Waals surface area contributed by atoms with Gasteiger partial charge in [0.05, 0.1) is 13.2 Å². The average Bonchev–Trinajstić information content (AvgIpc) is 2.73. The second-order valence-corrected chi connectivity index (χ2v) is 5.38. The molecule has 0 fully saturated rings. The zero-order valence-corrected chi connectivity index (χ0v) is 11.7. The molecule has 104 valence electrons. The van der Waals surface area contributed by atoms with Gasteiger partial charge in [-0.25, -0.2) is 9.97 Å². The Morgan fingerprint density at radius 2 is 1.85 bits per heavy atom. The van der Waals surface area contributed by atoms with Crippen LogP contribution < -0.4 is 15.2 Å². The molecule has 1 aliphatic heterocycles. The SMILES string of the molecule is NCc1cnc(Sc2ccc3c(c2)OCCCO3)nc1. The van der Waals surface area contributed by atoms with Gasteiger partial charge in [-0.2, -0.15) is 0 Å². The molecule has 0 radical (unpaired) electrons. The topological polar surface area (TPSA) is 70.3 Å². The second-order valence-electron chi connectivity index (χ2n) is 4.34. The van der Waals surface area contributed by atoms with Crippen LogP contribution in [0.25, 0.3) is 0 Å². The van der Waals surface area contributed by atoms with Crippen molar-refractivity contribution >= 4 is 11.8 Å². The van der Waals surface area contributed by atoms with Crippen LogP contribution >= 0.6 is 11.8 Å². The number of ether oxygens (including phenoxy) is 2. The maximum absolute atomic E-state index is 5.67. The first-order valence-corrected chi connectivity index (χ1v) is 7.25. The van der Waals surface area contributed by atoms with Gasteiger partial charge in [0.1, 0.15) is 0 Å². The van der Waals surface area contributed by atoms with Crippen molar-refractivity contribution in [2.75, 3.05) is 13.2 Å². The molecule has 1 aliphatic rings. The first-order valence-electron chi connectivity index (χ1n) is 6.43. The van der Waals surface area contributed by atoms with Gasteiger partial charge in [-0.15, -0.1) is 0 Å². The minimum Gasteiger partial charge on any atom is -0.490 e. The highest BCUT2D eigenvalue weighted by Gasteiger charge is 2.11. The van der Waals surface area contributed by atoms with Crippen molar-refractivity contribution < 1.29 is 9.47 Å². The number of nitrogens with zero attached hydrogens (tertiary/aromatic N) is 2. The fraction of sp³-hybridized carbons (Fsp3) is 0.286. The van der Waals surface area contributed by atoms with E-state index >= 15 is 0 Å². The number of hydrogen-bond acceptors (Lipinski definition) is 6. The van der Waals surface area contributed by atoms with E-state index in [0.717, 1.165) is 28.4 Å². The van der Waals surface area contributed by atoms with Crippen molar-refractivity contribution in [3.63, 3.8) is 0 Å². The predicted molar refractivity (Wildman–Crippen MR) is 76.1 cm³/mol. The number of fused-ring (bicyclic) bond motifs is 1. The number of hydrogen-bond donors (Lipinski definition) is 1. The van der Waals surface area contributed by atoms with Gasteiger partial charge in [0, 0.05) is 35.8 Å². The first kappa shape index (κ1) is 13.2. The van der Waals surface area contributed by atoms with Crippen molar-refractivity contribution in [3.8, 4) is 11.5 Å². The summed E-state index contributed by atoms with van der Waals surface area (Å²) in [6, 6.07) is 5.88. The molecule has 1 aromatic heterocycles. The Kier molecular flexibility index (Phi) is 4.03. The molecule has 1 aromatic carbocycles. The highest BCUT2D eigenvalue weighted by atomic mass is 32.2. The third-order valence-electron chi connectivity index (χ3n) is 2.85. The first-order chi connectivity index (χ1) is 9.85. The molecule has 0 aliphatic carbocycles. The zero-order valence-electron chi connectivity index (χ0n) is 10.9. The maximum atomic E-state index is 5.67. The van der Waals surface area contributed by atoms with Crippen LogP contribution in [0.15, 0.2) is 40.6 Å². The van der Waals surface area contributed by atoms with E-state index in [9.17, 15) is 0 Å². The summed E-state index contributed by atoms with van der Waals surface area (Å²) in [6.07, 6.45) is 4.40. The summed E-state index contributed by atoms with van der Waals surface area (Å²) in [6.45, 7) is 1.83. The van der Waals surface area contributed by atoms with Gasteiger partial charge < -0.3 is 15.2 Å². The quantitative estimate of drug-likeness (QED) is 0.874. The van der Waals surface area contributed by atoms with Crippen molar-refractivity contribution in [2.24, 2.45) is 5.73 Å². The molecular weight excluding hydrogens is 274 g/mol. The normalized spacial score (nSPS) is 13.8. The second kappa shape index (κ2) is 6.11. The molecule has 0 amide bonds. The molecule has 0 atom stereocenters. The molecule has 0 unspecified atom stereocenters. The van der Waals surface area contributed by atoms with Crippen LogP contribution in [0.1, 0.15) is 12.0 Å². The van der Waals surface area contributed by atoms with E-state index in [-0.39, 0.29) is 0 Å². The lowest BCUT2D eigenvalue weighted by atomic mass is 10.3. The Hall–Kier alpha value is -1.79. The number of benzene rings is 1. The van der Waals surface area contributed by atoms with E-state index in [4.69, 9.17) is 15.2 Å². The molecule has 0 spiro atoms. The lowest BCUT2D eigenvalue weighted by Gasteiger charge is -2.08. The largest absolute Gasteiger partial charge is 0.490 e. The molecule has 6 heteroatoms. The van der Waals surface area contributed by atoms with Gasteiger partial charge in [0.25, 0.3) is 0 Å². The molecule has 0 saturated carbocycles. The molecular formula is C14H15N3O2S. The molecule has 2 N–H and O–H groups in total. The van der Waals surface area contributed by atoms with Gasteiger partial charge in [0.15, 0.2) is 16.7 Å². The van der Waals surface area contributed by atoms with Gasteiger partial charge in [-0.05, 0) is 30.0 Å². The van der Waals surface area contributed by atoms with Crippen LogP contribution in [0.3, 0.4) is 0 Å². The molecule has 2 heterocycles. The lowest BCUT2D eigenvalue weighted by Crippen LogP contribution is -1.98. The summed E-state index contributed by atoms with van der Waals surface area (Å²) in [5.74, 6) is 1.58. The highest BCUT2D eigenvalue weighted by molar-refractivity contribution is 7.99. The summed E-state index contributed by atoms with van der Waals surface area (Å²) in [4.78, 5) is 9.57. The van der Waals surface area contributed by atoms with Crippen molar-refractivity contribution in [1.82, 2.24) is 9.97 Å². The smallest absolute Gasteiger partial charge is 0.192 e. The van der Waals surface area contributed by atoms with E-state index in [1.54, 1.807) is 12.4 Å².